The first-order valence-electron chi connectivity index (χ1n) is 10.9. The lowest BCUT2D eigenvalue weighted by Gasteiger charge is -2.26. The fourth-order valence-electron chi connectivity index (χ4n) is 3.82. The van der Waals surface area contributed by atoms with Gasteiger partial charge in [0.25, 0.3) is 0 Å². The summed E-state index contributed by atoms with van der Waals surface area (Å²) in [6, 6.07) is 5.94. The van der Waals surface area contributed by atoms with Crippen LogP contribution >= 0.6 is 0 Å². The number of fused-ring (bicyclic) bond motifs is 1. The SMILES string of the molecule is COc1cc2c(Nc3c(F)ccc(O)c3C)ncnc2cc1OCCCN1CCS(=O)(=O)CC1. The van der Waals surface area contributed by atoms with Gasteiger partial charge in [0, 0.05) is 36.7 Å². The van der Waals surface area contributed by atoms with Crippen molar-refractivity contribution in [3.63, 3.8) is 0 Å². The van der Waals surface area contributed by atoms with E-state index in [1.165, 1.54) is 25.6 Å². The molecule has 1 saturated heterocycles. The van der Waals surface area contributed by atoms with Crippen molar-refractivity contribution in [3.05, 3.63) is 42.0 Å². The highest BCUT2D eigenvalue weighted by Crippen LogP contribution is 2.36. The van der Waals surface area contributed by atoms with Crippen LogP contribution in [-0.4, -0.2) is 73.2 Å². The monoisotopic (exact) mass is 490 g/mol. The lowest BCUT2D eigenvalue weighted by molar-refractivity contribution is 0.240. The summed E-state index contributed by atoms with van der Waals surface area (Å²) in [6.07, 6.45) is 2.09. The Bertz CT molecular complexity index is 1290. The van der Waals surface area contributed by atoms with Gasteiger partial charge in [-0.2, -0.15) is 0 Å². The molecule has 3 aromatic rings. The molecule has 1 aromatic heterocycles. The van der Waals surface area contributed by atoms with E-state index >= 15 is 0 Å². The summed E-state index contributed by atoms with van der Waals surface area (Å²) in [5.41, 5.74) is 1.07. The summed E-state index contributed by atoms with van der Waals surface area (Å²) in [5, 5.41) is 13.5. The summed E-state index contributed by atoms with van der Waals surface area (Å²) in [7, 11) is -1.36. The molecule has 0 bridgehead atoms. The van der Waals surface area contributed by atoms with Crippen LogP contribution < -0.4 is 14.8 Å². The Morgan fingerprint density at radius 2 is 1.94 bits per heavy atom. The number of nitrogens with zero attached hydrogens (tertiary/aromatic N) is 3. The number of aromatic hydroxyl groups is 1. The van der Waals surface area contributed by atoms with Crippen LogP contribution in [-0.2, 0) is 9.84 Å². The molecule has 0 aliphatic carbocycles. The fourth-order valence-corrected chi connectivity index (χ4v) is 5.10. The molecule has 1 aliphatic rings. The molecule has 182 valence electrons. The predicted octanol–water partition coefficient (Wildman–Crippen LogP) is 3.03. The molecule has 9 nitrogen and oxygen atoms in total. The number of hydrogen-bond donors (Lipinski definition) is 2. The number of aromatic nitrogens is 2. The summed E-state index contributed by atoms with van der Waals surface area (Å²) in [4.78, 5) is 10.7. The quantitative estimate of drug-likeness (QED) is 0.460. The molecule has 34 heavy (non-hydrogen) atoms. The van der Waals surface area contributed by atoms with Gasteiger partial charge in [-0.25, -0.2) is 22.8 Å². The maximum Gasteiger partial charge on any atom is 0.163 e. The van der Waals surface area contributed by atoms with Crippen LogP contribution in [0.5, 0.6) is 17.2 Å². The minimum atomic E-state index is -2.89. The highest BCUT2D eigenvalue weighted by molar-refractivity contribution is 7.91. The highest BCUT2D eigenvalue weighted by atomic mass is 32.2. The summed E-state index contributed by atoms with van der Waals surface area (Å²) in [6.45, 7) is 3.88. The first-order chi connectivity index (χ1) is 16.3. The van der Waals surface area contributed by atoms with Crippen LogP contribution in [0.3, 0.4) is 0 Å². The van der Waals surface area contributed by atoms with Gasteiger partial charge in [0.15, 0.2) is 21.3 Å². The third-order valence-electron chi connectivity index (χ3n) is 5.86. The second-order valence-corrected chi connectivity index (χ2v) is 10.4. The largest absolute Gasteiger partial charge is 0.508 e. The predicted molar refractivity (Wildman–Crippen MR) is 127 cm³/mol. The van der Waals surface area contributed by atoms with Crippen LogP contribution in [0.15, 0.2) is 30.6 Å². The number of sulfone groups is 1. The van der Waals surface area contributed by atoms with E-state index in [9.17, 15) is 17.9 Å². The Balaban J connectivity index is 1.48. The molecule has 0 radical (unpaired) electrons. The van der Waals surface area contributed by atoms with Crippen LogP contribution in [0.1, 0.15) is 12.0 Å². The molecule has 0 atom stereocenters. The number of ether oxygens (including phenoxy) is 2. The average molecular weight is 491 g/mol. The molecule has 1 fully saturated rings. The Hall–Kier alpha value is -3.18. The van der Waals surface area contributed by atoms with Gasteiger partial charge in [0.05, 0.1) is 36.4 Å². The van der Waals surface area contributed by atoms with Gasteiger partial charge in [-0.1, -0.05) is 0 Å². The molecular weight excluding hydrogens is 463 g/mol. The third-order valence-corrected chi connectivity index (χ3v) is 7.47. The van der Waals surface area contributed by atoms with E-state index in [1.807, 2.05) is 0 Å². The van der Waals surface area contributed by atoms with Gasteiger partial charge >= 0.3 is 0 Å². The molecule has 4 rings (SSSR count). The van der Waals surface area contributed by atoms with Crippen molar-refractivity contribution in [1.29, 1.82) is 0 Å². The van der Waals surface area contributed by atoms with Crippen LogP contribution in [0, 0.1) is 12.7 Å². The van der Waals surface area contributed by atoms with Gasteiger partial charge < -0.3 is 24.8 Å². The zero-order chi connectivity index (χ0) is 24.3. The van der Waals surface area contributed by atoms with Crippen molar-refractivity contribution in [2.45, 2.75) is 13.3 Å². The van der Waals surface area contributed by atoms with Crippen LogP contribution in [0.2, 0.25) is 0 Å². The Morgan fingerprint density at radius 1 is 1.18 bits per heavy atom. The number of rotatable bonds is 8. The van der Waals surface area contributed by atoms with Gasteiger partial charge in [-0.15, -0.1) is 0 Å². The number of phenolic OH excluding ortho intramolecular Hbond substituents is 1. The number of anilines is 2. The second-order valence-electron chi connectivity index (χ2n) is 8.13. The fraction of sp³-hybridized carbons (Fsp3) is 0.391. The number of halogens is 1. The topological polar surface area (TPSA) is 114 Å². The number of phenols is 1. The molecule has 0 saturated carbocycles. The minimum absolute atomic E-state index is 0.0262. The molecule has 2 aromatic carbocycles. The van der Waals surface area contributed by atoms with Crippen molar-refractivity contribution in [2.24, 2.45) is 0 Å². The summed E-state index contributed by atoms with van der Waals surface area (Å²) >= 11 is 0. The molecule has 0 unspecified atom stereocenters. The Kier molecular flexibility index (Phi) is 7.03. The molecule has 0 amide bonds. The standard InChI is InChI=1S/C23H27FN4O5S/c1-15-19(29)5-4-17(24)22(15)27-23-16-12-20(32-2)21(13-18(16)25-14-26-23)33-9-3-6-28-7-10-34(30,31)11-8-28/h4-5,12-14,29H,3,6-11H2,1-2H3,(H,25,26,27). The van der Waals surface area contributed by atoms with Crippen molar-refractivity contribution in [3.8, 4) is 17.2 Å². The maximum atomic E-state index is 14.4. The van der Waals surface area contributed by atoms with Crippen molar-refractivity contribution < 1.29 is 27.4 Å². The van der Waals surface area contributed by atoms with Gasteiger partial charge in [0.2, 0.25) is 0 Å². The van der Waals surface area contributed by atoms with Crippen molar-refractivity contribution >= 4 is 32.2 Å². The summed E-state index contributed by atoms with van der Waals surface area (Å²) in [5.74, 6) is 1.22. The highest BCUT2D eigenvalue weighted by Gasteiger charge is 2.21. The van der Waals surface area contributed by atoms with E-state index in [4.69, 9.17) is 9.47 Å². The first kappa shape index (κ1) is 24.0. The Morgan fingerprint density at radius 3 is 2.68 bits per heavy atom. The summed E-state index contributed by atoms with van der Waals surface area (Å²) < 4.78 is 48.9. The van der Waals surface area contributed by atoms with Crippen molar-refractivity contribution in [1.82, 2.24) is 14.9 Å². The molecule has 1 aliphatic heterocycles. The van der Waals surface area contributed by atoms with Crippen LogP contribution in [0.25, 0.3) is 10.9 Å². The molecular formula is C23H27FN4O5S. The van der Waals surface area contributed by atoms with E-state index in [0.29, 0.717) is 53.5 Å². The van der Waals surface area contributed by atoms with Gasteiger partial charge in [0.1, 0.15) is 23.7 Å². The van der Waals surface area contributed by atoms with E-state index in [-0.39, 0.29) is 22.9 Å². The van der Waals surface area contributed by atoms with Gasteiger partial charge in [-0.3, -0.25) is 0 Å². The average Bonchev–Trinajstić information content (AvgIpc) is 2.82. The third kappa shape index (κ3) is 5.31. The maximum absolute atomic E-state index is 14.4. The smallest absolute Gasteiger partial charge is 0.163 e. The van der Waals surface area contributed by atoms with Gasteiger partial charge in [-0.05, 0) is 31.5 Å². The second kappa shape index (κ2) is 9.98. The van der Waals surface area contributed by atoms with Crippen LogP contribution in [0.4, 0.5) is 15.9 Å². The Labute approximate surface area is 197 Å². The van der Waals surface area contributed by atoms with Crippen molar-refractivity contribution in [2.75, 3.05) is 50.2 Å². The molecule has 0 spiro atoms. The van der Waals surface area contributed by atoms with E-state index in [0.717, 1.165) is 13.0 Å². The number of benzene rings is 2. The molecule has 2 heterocycles. The number of nitrogens with one attached hydrogen (secondary N) is 1. The number of methoxy groups -OCH3 is 1. The molecule has 11 heteroatoms. The number of hydrogen-bond acceptors (Lipinski definition) is 9. The van der Waals surface area contributed by atoms with E-state index in [2.05, 4.69) is 20.2 Å². The zero-order valence-electron chi connectivity index (χ0n) is 19.0. The lowest BCUT2D eigenvalue weighted by Crippen LogP contribution is -2.40. The normalized spacial score (nSPS) is 15.9. The van der Waals surface area contributed by atoms with E-state index in [1.54, 1.807) is 19.1 Å². The zero-order valence-corrected chi connectivity index (χ0v) is 19.9. The molecule has 2 N–H and O–H groups in total. The lowest BCUT2D eigenvalue weighted by atomic mass is 10.1. The first-order valence-corrected chi connectivity index (χ1v) is 12.7. The van der Waals surface area contributed by atoms with E-state index < -0.39 is 15.7 Å². The minimum Gasteiger partial charge on any atom is -0.508 e.